The molecule has 4 nitrogen and oxygen atoms in total. The Balaban J connectivity index is 0.00000161. The molecule has 0 unspecified atom stereocenters. The van der Waals surface area contributed by atoms with Gasteiger partial charge in [0.15, 0.2) is 0 Å². The van der Waals surface area contributed by atoms with E-state index in [1.165, 1.54) is 11.2 Å². The van der Waals surface area contributed by atoms with E-state index < -0.39 is 0 Å². The normalized spacial score (nSPS) is 11.2. The summed E-state index contributed by atoms with van der Waals surface area (Å²) in [5.74, 6) is 0. The van der Waals surface area contributed by atoms with E-state index in [1.54, 1.807) is 11.3 Å². The molecule has 0 N–H and O–H groups in total. The van der Waals surface area contributed by atoms with Crippen LogP contribution in [0.2, 0.25) is 0 Å². The molecule has 0 aliphatic carbocycles. The summed E-state index contributed by atoms with van der Waals surface area (Å²) in [6, 6.07) is 8.29. The van der Waals surface area contributed by atoms with Crippen molar-refractivity contribution in [3.05, 3.63) is 41.0 Å². The van der Waals surface area contributed by atoms with Crippen LogP contribution in [0.1, 0.15) is 11.4 Å². The van der Waals surface area contributed by atoms with Gasteiger partial charge in [0.2, 0.25) is 0 Å². The number of rotatable bonds is 2. The molecule has 0 saturated heterocycles. The predicted octanol–water partition coefficient (Wildman–Crippen LogP) is 1.10. The molecule has 2 aromatic heterocycles. The largest absolute Gasteiger partial charge is 1.00 e. The predicted molar refractivity (Wildman–Crippen MR) is 82.1 cm³/mol. The van der Waals surface area contributed by atoms with E-state index in [-0.39, 0.29) is 12.4 Å². The lowest BCUT2D eigenvalue weighted by Gasteiger charge is -1.96. The second-order valence-electron chi connectivity index (χ2n) is 4.93. The quantitative estimate of drug-likeness (QED) is 0.500. The summed E-state index contributed by atoms with van der Waals surface area (Å²) < 4.78 is 4.21. The fourth-order valence-corrected chi connectivity index (χ4v) is 3.08. The minimum atomic E-state index is 0. The number of thiazole rings is 1. The number of hydrogen-bond donors (Lipinski definition) is 0. The minimum absolute atomic E-state index is 0. The lowest BCUT2D eigenvalue weighted by molar-refractivity contribution is -0.660. The number of nitrogens with zero attached hydrogens (tertiary/aromatic N) is 4. The van der Waals surface area contributed by atoms with E-state index in [4.69, 9.17) is 0 Å². The molecular weight excluding hydrogens is 304 g/mol. The minimum Gasteiger partial charge on any atom is -1.00 e. The first-order valence-electron chi connectivity index (χ1n) is 6.49. The number of para-hydroxylation sites is 1. The highest BCUT2D eigenvalue weighted by Gasteiger charge is 2.15. The van der Waals surface area contributed by atoms with Crippen LogP contribution in [-0.2, 0) is 14.1 Å². The van der Waals surface area contributed by atoms with Gasteiger partial charge >= 0.3 is 5.13 Å². The van der Waals surface area contributed by atoms with E-state index in [0.29, 0.717) is 0 Å². The SMILES string of the molecule is Cc1c(N=Nc2scc(C)[n+]2C)c2ccccc2n1C.[Cl-]. The lowest BCUT2D eigenvalue weighted by Crippen LogP contribution is -3.00. The van der Waals surface area contributed by atoms with Crippen LogP contribution in [0.3, 0.4) is 0 Å². The number of azo groups is 1. The van der Waals surface area contributed by atoms with Crippen LogP contribution in [0, 0.1) is 13.8 Å². The van der Waals surface area contributed by atoms with Gasteiger partial charge in [0, 0.05) is 23.5 Å². The van der Waals surface area contributed by atoms with Crippen molar-refractivity contribution in [3.8, 4) is 0 Å². The molecule has 0 aliphatic rings. The third-order valence-electron chi connectivity index (χ3n) is 3.75. The van der Waals surface area contributed by atoms with Crippen molar-refractivity contribution in [1.82, 2.24) is 4.57 Å². The Labute approximate surface area is 134 Å². The monoisotopic (exact) mass is 320 g/mol. The molecule has 0 spiro atoms. The fourth-order valence-electron chi connectivity index (χ4n) is 2.26. The van der Waals surface area contributed by atoms with Gasteiger partial charge in [0.25, 0.3) is 0 Å². The molecule has 3 rings (SSSR count). The van der Waals surface area contributed by atoms with E-state index >= 15 is 0 Å². The van der Waals surface area contributed by atoms with E-state index in [2.05, 4.69) is 57.8 Å². The molecule has 3 aromatic rings. The van der Waals surface area contributed by atoms with Gasteiger partial charge in [-0.3, -0.25) is 0 Å². The number of aromatic nitrogens is 2. The summed E-state index contributed by atoms with van der Waals surface area (Å²) in [6.07, 6.45) is 0. The van der Waals surface area contributed by atoms with Crippen molar-refractivity contribution in [3.63, 3.8) is 0 Å². The lowest BCUT2D eigenvalue weighted by atomic mass is 10.2. The van der Waals surface area contributed by atoms with Gasteiger partial charge in [-0.1, -0.05) is 18.2 Å². The second kappa shape index (κ2) is 5.95. The van der Waals surface area contributed by atoms with Gasteiger partial charge < -0.3 is 17.0 Å². The van der Waals surface area contributed by atoms with Gasteiger partial charge in [-0.25, -0.2) is 4.57 Å². The van der Waals surface area contributed by atoms with Crippen LogP contribution in [0.25, 0.3) is 10.9 Å². The summed E-state index contributed by atoms with van der Waals surface area (Å²) in [6.45, 7) is 4.15. The molecule has 0 saturated carbocycles. The topological polar surface area (TPSA) is 33.5 Å². The number of aryl methyl sites for hydroxylation is 2. The fraction of sp³-hybridized carbons (Fsp3) is 0.267. The summed E-state index contributed by atoms with van der Waals surface area (Å²) in [4.78, 5) is 0. The zero-order chi connectivity index (χ0) is 14.3. The number of benzene rings is 1. The maximum atomic E-state index is 4.49. The van der Waals surface area contributed by atoms with Gasteiger partial charge in [-0.15, -0.1) is 0 Å². The maximum absolute atomic E-state index is 4.49. The summed E-state index contributed by atoms with van der Waals surface area (Å²) in [5, 5.41) is 13.1. The molecule has 0 bridgehead atoms. The first kappa shape index (κ1) is 15.7. The van der Waals surface area contributed by atoms with E-state index in [0.717, 1.165) is 21.9 Å². The van der Waals surface area contributed by atoms with E-state index in [9.17, 15) is 0 Å². The molecule has 110 valence electrons. The Bertz CT molecular complexity index is 817. The Morgan fingerprint density at radius 1 is 1.14 bits per heavy atom. The Morgan fingerprint density at radius 2 is 1.86 bits per heavy atom. The third-order valence-corrected chi connectivity index (χ3v) is 4.78. The van der Waals surface area contributed by atoms with Crippen LogP contribution in [0.5, 0.6) is 0 Å². The average molecular weight is 321 g/mol. The second-order valence-corrected chi connectivity index (χ2v) is 5.77. The summed E-state index contributed by atoms with van der Waals surface area (Å²) >= 11 is 1.61. The highest BCUT2D eigenvalue weighted by molar-refractivity contribution is 7.12. The van der Waals surface area contributed by atoms with Gasteiger partial charge in [-0.05, 0) is 36.4 Å². The zero-order valence-electron chi connectivity index (χ0n) is 12.5. The van der Waals surface area contributed by atoms with Crippen LogP contribution >= 0.6 is 11.3 Å². The summed E-state index contributed by atoms with van der Waals surface area (Å²) in [5.41, 5.74) is 4.46. The third kappa shape index (κ3) is 2.59. The standard InChI is InChI=1S/C15H17N4S.ClH/c1-10-9-20-15(18(10)3)17-16-14-11(2)19(4)13-8-6-5-7-12(13)14;/h5-9H,1-4H3;1H/q+1;/p-1. The first-order chi connectivity index (χ1) is 9.59. The van der Waals surface area contributed by atoms with Crippen molar-refractivity contribution in [1.29, 1.82) is 0 Å². The Hall–Kier alpha value is -1.72. The molecular formula is C15H17ClN4S. The molecule has 0 amide bonds. The molecule has 0 aliphatic heterocycles. The van der Waals surface area contributed by atoms with Crippen LogP contribution in [0.4, 0.5) is 10.8 Å². The van der Waals surface area contributed by atoms with Gasteiger partial charge in [-0.2, -0.15) is 0 Å². The molecule has 0 atom stereocenters. The van der Waals surface area contributed by atoms with E-state index in [1.807, 2.05) is 19.2 Å². The number of halogens is 1. The zero-order valence-corrected chi connectivity index (χ0v) is 14.0. The van der Waals surface area contributed by atoms with Crippen LogP contribution in [0.15, 0.2) is 39.9 Å². The molecule has 21 heavy (non-hydrogen) atoms. The summed E-state index contributed by atoms with van der Waals surface area (Å²) in [7, 11) is 4.07. The van der Waals surface area contributed by atoms with Crippen molar-refractivity contribution in [2.24, 2.45) is 24.3 Å². The smallest absolute Gasteiger partial charge is 0.408 e. The van der Waals surface area contributed by atoms with Crippen LogP contribution in [-0.4, -0.2) is 4.57 Å². The van der Waals surface area contributed by atoms with Gasteiger partial charge in [0.05, 0.1) is 17.7 Å². The molecule has 2 heterocycles. The number of hydrogen-bond acceptors (Lipinski definition) is 3. The van der Waals surface area contributed by atoms with Crippen molar-refractivity contribution in [2.75, 3.05) is 0 Å². The molecule has 1 aromatic carbocycles. The number of fused-ring (bicyclic) bond motifs is 1. The average Bonchev–Trinajstić information content (AvgIpc) is 2.90. The molecule has 0 radical (unpaired) electrons. The van der Waals surface area contributed by atoms with Crippen molar-refractivity contribution in [2.45, 2.75) is 13.8 Å². The molecule has 0 fully saturated rings. The van der Waals surface area contributed by atoms with Crippen molar-refractivity contribution < 1.29 is 17.0 Å². The Morgan fingerprint density at radius 3 is 2.52 bits per heavy atom. The van der Waals surface area contributed by atoms with Crippen molar-refractivity contribution >= 4 is 33.1 Å². The van der Waals surface area contributed by atoms with Crippen LogP contribution < -0.4 is 17.0 Å². The highest BCUT2D eigenvalue weighted by Crippen LogP contribution is 2.33. The Kier molecular flexibility index (Phi) is 4.44. The maximum Gasteiger partial charge on any atom is 0.408 e. The van der Waals surface area contributed by atoms with Gasteiger partial charge in [0.1, 0.15) is 11.4 Å². The first-order valence-corrected chi connectivity index (χ1v) is 7.37. The molecule has 6 heteroatoms. The highest BCUT2D eigenvalue weighted by atomic mass is 35.5.